The summed E-state index contributed by atoms with van der Waals surface area (Å²) >= 11 is 0. The number of amides is 1. The molecule has 7 nitrogen and oxygen atoms in total. The van der Waals surface area contributed by atoms with Crippen molar-refractivity contribution in [3.05, 3.63) is 29.5 Å². The molecule has 0 unspecified atom stereocenters. The molecule has 1 aromatic heterocycles. The van der Waals surface area contributed by atoms with Crippen LogP contribution in [0.4, 0.5) is 0 Å². The van der Waals surface area contributed by atoms with Crippen LogP contribution in [0.5, 0.6) is 11.5 Å². The zero-order chi connectivity index (χ0) is 17.1. The Bertz CT molecular complexity index is 739. The average Bonchev–Trinajstić information content (AvgIpc) is 3.16. The molecule has 0 saturated heterocycles. The van der Waals surface area contributed by atoms with E-state index in [2.05, 4.69) is 15.4 Å². The standard InChI is InChI=1S/C17H21N3O4/c1-11-15(17(21)18-7-4-8-20(2)3)16(24-19-11)12-5-6-13-14(9-12)23-10-22-13/h5-6,9H,4,7-8,10H2,1-3H3,(H,18,21). The molecule has 128 valence electrons. The number of carbonyl (C=O) groups excluding carboxylic acids is 1. The molecule has 1 amide bonds. The van der Waals surface area contributed by atoms with Crippen molar-refractivity contribution in [2.75, 3.05) is 34.0 Å². The first kappa shape index (κ1) is 16.3. The Kier molecular flexibility index (Phi) is 4.71. The second-order valence-corrected chi connectivity index (χ2v) is 5.95. The Morgan fingerprint density at radius 2 is 2.08 bits per heavy atom. The maximum Gasteiger partial charge on any atom is 0.257 e. The maximum atomic E-state index is 12.5. The lowest BCUT2D eigenvalue weighted by molar-refractivity contribution is 0.0952. The lowest BCUT2D eigenvalue weighted by Crippen LogP contribution is -2.27. The van der Waals surface area contributed by atoms with Gasteiger partial charge in [-0.05, 0) is 52.2 Å². The van der Waals surface area contributed by atoms with E-state index >= 15 is 0 Å². The number of ether oxygens (including phenoxy) is 2. The van der Waals surface area contributed by atoms with Gasteiger partial charge in [-0.3, -0.25) is 4.79 Å². The fourth-order valence-corrected chi connectivity index (χ4v) is 2.56. The summed E-state index contributed by atoms with van der Waals surface area (Å²) in [6, 6.07) is 5.43. The van der Waals surface area contributed by atoms with E-state index in [-0.39, 0.29) is 12.7 Å². The van der Waals surface area contributed by atoms with Gasteiger partial charge in [0.1, 0.15) is 5.56 Å². The van der Waals surface area contributed by atoms with E-state index in [1.54, 1.807) is 19.1 Å². The highest BCUT2D eigenvalue weighted by molar-refractivity contribution is 6.00. The summed E-state index contributed by atoms with van der Waals surface area (Å²) in [4.78, 5) is 14.6. The number of aryl methyl sites for hydroxylation is 1. The van der Waals surface area contributed by atoms with Crippen molar-refractivity contribution in [2.45, 2.75) is 13.3 Å². The van der Waals surface area contributed by atoms with E-state index in [0.717, 1.165) is 18.5 Å². The van der Waals surface area contributed by atoms with Crippen LogP contribution in [-0.4, -0.2) is 49.9 Å². The Labute approximate surface area is 140 Å². The van der Waals surface area contributed by atoms with E-state index < -0.39 is 0 Å². The third kappa shape index (κ3) is 3.35. The summed E-state index contributed by atoms with van der Waals surface area (Å²) in [6.45, 7) is 3.47. The van der Waals surface area contributed by atoms with Gasteiger partial charge in [0.2, 0.25) is 6.79 Å². The second kappa shape index (κ2) is 6.92. The molecule has 7 heteroatoms. The fraction of sp³-hybridized carbons (Fsp3) is 0.412. The van der Waals surface area contributed by atoms with E-state index in [1.165, 1.54) is 0 Å². The molecule has 0 fully saturated rings. The minimum Gasteiger partial charge on any atom is -0.454 e. The van der Waals surface area contributed by atoms with E-state index in [9.17, 15) is 4.79 Å². The summed E-state index contributed by atoms with van der Waals surface area (Å²) in [7, 11) is 4.01. The number of nitrogens with one attached hydrogen (secondary N) is 1. The van der Waals surface area contributed by atoms with Gasteiger partial charge in [0.25, 0.3) is 5.91 Å². The minimum absolute atomic E-state index is 0.180. The molecule has 24 heavy (non-hydrogen) atoms. The maximum absolute atomic E-state index is 12.5. The van der Waals surface area contributed by atoms with Crippen LogP contribution in [0.2, 0.25) is 0 Å². The highest BCUT2D eigenvalue weighted by Gasteiger charge is 2.23. The summed E-state index contributed by atoms with van der Waals surface area (Å²) in [5.74, 6) is 1.58. The Balaban J connectivity index is 1.77. The highest BCUT2D eigenvalue weighted by atomic mass is 16.7. The van der Waals surface area contributed by atoms with Crippen LogP contribution < -0.4 is 14.8 Å². The van der Waals surface area contributed by atoms with Crippen molar-refractivity contribution in [2.24, 2.45) is 0 Å². The molecule has 2 heterocycles. The normalized spacial score (nSPS) is 12.7. The summed E-state index contributed by atoms with van der Waals surface area (Å²) in [6.07, 6.45) is 0.877. The molecule has 0 atom stereocenters. The average molecular weight is 331 g/mol. The number of rotatable bonds is 6. The van der Waals surface area contributed by atoms with Gasteiger partial charge < -0.3 is 24.2 Å². The summed E-state index contributed by atoms with van der Waals surface area (Å²) < 4.78 is 16.1. The molecule has 0 radical (unpaired) electrons. The van der Waals surface area contributed by atoms with Gasteiger partial charge in [0, 0.05) is 12.1 Å². The van der Waals surface area contributed by atoms with E-state index in [1.807, 2.05) is 20.2 Å². The summed E-state index contributed by atoms with van der Waals surface area (Å²) in [5, 5.41) is 6.87. The number of nitrogens with zero attached hydrogens (tertiary/aromatic N) is 2. The summed E-state index contributed by atoms with van der Waals surface area (Å²) in [5.41, 5.74) is 1.75. The van der Waals surface area contributed by atoms with Gasteiger partial charge >= 0.3 is 0 Å². The minimum atomic E-state index is -0.180. The van der Waals surface area contributed by atoms with Gasteiger partial charge in [0.05, 0.1) is 5.69 Å². The van der Waals surface area contributed by atoms with Crippen LogP contribution in [0.25, 0.3) is 11.3 Å². The number of aromatic nitrogens is 1. The van der Waals surface area contributed by atoms with Crippen molar-refractivity contribution < 1.29 is 18.8 Å². The third-order valence-corrected chi connectivity index (χ3v) is 3.79. The molecule has 0 aliphatic carbocycles. The quantitative estimate of drug-likeness (QED) is 0.817. The predicted molar refractivity (Wildman–Crippen MR) is 88.3 cm³/mol. The van der Waals surface area contributed by atoms with Crippen molar-refractivity contribution in [1.29, 1.82) is 0 Å². The molecular weight excluding hydrogens is 310 g/mol. The monoisotopic (exact) mass is 331 g/mol. The van der Waals surface area contributed by atoms with Crippen molar-refractivity contribution in [1.82, 2.24) is 15.4 Å². The molecule has 2 aromatic rings. The molecule has 0 bridgehead atoms. The predicted octanol–water partition coefficient (Wildman–Crippen LogP) is 2.06. The first-order valence-corrected chi connectivity index (χ1v) is 7.85. The second-order valence-electron chi connectivity index (χ2n) is 5.95. The molecular formula is C17H21N3O4. The van der Waals surface area contributed by atoms with Crippen LogP contribution in [0.15, 0.2) is 22.7 Å². The van der Waals surface area contributed by atoms with Gasteiger partial charge in [-0.25, -0.2) is 0 Å². The van der Waals surface area contributed by atoms with Crippen molar-refractivity contribution >= 4 is 5.91 Å². The molecule has 0 spiro atoms. The molecule has 1 N–H and O–H groups in total. The van der Waals surface area contributed by atoms with E-state index in [0.29, 0.717) is 35.1 Å². The highest BCUT2D eigenvalue weighted by Crippen LogP contribution is 2.37. The lowest BCUT2D eigenvalue weighted by atomic mass is 10.1. The van der Waals surface area contributed by atoms with Gasteiger partial charge in [-0.2, -0.15) is 0 Å². The van der Waals surface area contributed by atoms with Crippen molar-refractivity contribution in [3.8, 4) is 22.8 Å². The third-order valence-electron chi connectivity index (χ3n) is 3.79. The molecule has 0 saturated carbocycles. The number of carbonyl (C=O) groups is 1. The smallest absolute Gasteiger partial charge is 0.257 e. The Hall–Kier alpha value is -2.54. The molecule has 3 rings (SSSR count). The van der Waals surface area contributed by atoms with Crippen LogP contribution in [0, 0.1) is 6.92 Å². The number of hydrogen-bond donors (Lipinski definition) is 1. The lowest BCUT2D eigenvalue weighted by Gasteiger charge is -2.10. The first-order chi connectivity index (χ1) is 11.6. The first-order valence-electron chi connectivity index (χ1n) is 7.85. The molecule has 1 aliphatic rings. The van der Waals surface area contributed by atoms with Crippen molar-refractivity contribution in [3.63, 3.8) is 0 Å². The van der Waals surface area contributed by atoms with E-state index in [4.69, 9.17) is 14.0 Å². The van der Waals surface area contributed by atoms with Crippen LogP contribution in [0.3, 0.4) is 0 Å². The topological polar surface area (TPSA) is 76.8 Å². The Morgan fingerprint density at radius 1 is 1.29 bits per heavy atom. The van der Waals surface area contributed by atoms with Crippen LogP contribution in [0.1, 0.15) is 22.5 Å². The van der Waals surface area contributed by atoms with Gasteiger partial charge in [0.15, 0.2) is 17.3 Å². The largest absolute Gasteiger partial charge is 0.454 e. The fourth-order valence-electron chi connectivity index (χ4n) is 2.56. The van der Waals surface area contributed by atoms with Crippen LogP contribution in [-0.2, 0) is 0 Å². The Morgan fingerprint density at radius 3 is 2.88 bits per heavy atom. The zero-order valence-corrected chi connectivity index (χ0v) is 14.1. The molecule has 1 aromatic carbocycles. The number of hydrogen-bond acceptors (Lipinski definition) is 6. The SMILES string of the molecule is Cc1noc(-c2ccc3c(c2)OCO3)c1C(=O)NCCCN(C)C. The van der Waals surface area contributed by atoms with Crippen LogP contribution >= 0.6 is 0 Å². The molecule has 1 aliphatic heterocycles. The number of benzene rings is 1. The van der Waals surface area contributed by atoms with Gasteiger partial charge in [-0.1, -0.05) is 5.16 Å². The van der Waals surface area contributed by atoms with Gasteiger partial charge in [-0.15, -0.1) is 0 Å². The number of fused-ring (bicyclic) bond motifs is 1. The zero-order valence-electron chi connectivity index (χ0n) is 14.1.